The fourth-order valence-electron chi connectivity index (χ4n) is 18.3. The van der Waals surface area contributed by atoms with Crippen LogP contribution in [0.15, 0.2) is 48.5 Å². The molecule has 12 unspecified atom stereocenters. The van der Waals surface area contributed by atoms with Gasteiger partial charge in [0.1, 0.15) is 48.6 Å². The number of esters is 4. The van der Waals surface area contributed by atoms with Crippen LogP contribution in [0.25, 0.3) is 0 Å². The van der Waals surface area contributed by atoms with Gasteiger partial charge in [0.15, 0.2) is 46.0 Å². The molecule has 0 radical (unpaired) electrons. The molecule has 16 atom stereocenters. The molecular formula is C96H152N8O16. The molecule has 672 valence electrons. The lowest BCUT2D eigenvalue weighted by Crippen LogP contribution is -2.51. The van der Waals surface area contributed by atoms with Crippen LogP contribution in [0.4, 0.5) is 0 Å². The lowest BCUT2D eigenvalue weighted by atomic mass is 9.79. The molecule has 8 aliphatic rings. The SMILES string of the molecule is [2H]C([2H])([2H])Oc1cc2c(cc1OC)C1([2H])CC(OC(=O)[C@@H](N)C(C)C)C(CC(C)C)CN1CC2.[2H]C([2H])([2H])Oc1cc2c(cc1OC)C1([2H])CC(OC(=O)[C@@H](N)C([2H])(C)C)C(CC(C)C)CN1CC2.[2H]C12CC(OC(=O)[C@@H](N)C(C)C)C(CC(C)C)CN1CCc1cc(OC)c(OC)cc12.[2H]C12CC(OC(=O)[C@@H](N)C(C)C)C(CC(C)C)CN1CCc1cc(OC)c(OC)cc12. The van der Waals surface area contributed by atoms with E-state index in [0.29, 0.717) is 111 Å². The van der Waals surface area contributed by atoms with Crippen LogP contribution in [0.2, 0.25) is 0 Å². The monoisotopic (exact) mass is 1680 g/mol. The first-order valence-corrected chi connectivity index (χ1v) is 43.7. The van der Waals surface area contributed by atoms with E-state index in [-0.39, 0.29) is 95.0 Å². The molecule has 12 rings (SSSR count). The van der Waals surface area contributed by atoms with Crippen LogP contribution in [-0.4, -0.2) is 201 Å². The Kier molecular flexibility index (Phi) is 29.7. The number of nitrogens with two attached hydrogens (primary N) is 4. The van der Waals surface area contributed by atoms with Crippen LogP contribution in [0.1, 0.15) is 246 Å². The van der Waals surface area contributed by atoms with E-state index in [1.54, 1.807) is 66.6 Å². The van der Waals surface area contributed by atoms with Crippen LogP contribution in [0, 0.1) is 71.0 Å². The lowest BCUT2D eigenvalue weighted by Gasteiger charge is -2.47. The Bertz CT molecular complexity index is 4410. The molecule has 0 aromatic heterocycles. The number of nitrogens with zero attached hydrogens (tertiary/aromatic N) is 4. The average Bonchev–Trinajstić information content (AvgIpc) is 0.746. The van der Waals surface area contributed by atoms with Crippen LogP contribution in [-0.2, 0) is 63.8 Å². The zero-order valence-electron chi connectivity index (χ0n) is 86.9. The molecule has 0 aliphatic carbocycles. The Labute approximate surface area is 734 Å². The smallest absolute Gasteiger partial charge is 0.323 e. The molecule has 8 heterocycles. The Morgan fingerprint density at radius 2 is 0.542 bits per heavy atom. The first-order valence-electron chi connectivity index (χ1n) is 49.2. The van der Waals surface area contributed by atoms with Crippen molar-refractivity contribution in [3.8, 4) is 46.0 Å². The summed E-state index contributed by atoms with van der Waals surface area (Å²) in [5.41, 5.74) is 31.3. The second-order valence-corrected chi connectivity index (χ2v) is 37.0. The number of ether oxygens (including phenoxy) is 12. The largest absolute Gasteiger partial charge is 0.493 e. The van der Waals surface area contributed by atoms with Gasteiger partial charge in [-0.25, -0.2) is 0 Å². The summed E-state index contributed by atoms with van der Waals surface area (Å²) in [6.07, 6.45) is 6.31. The fraction of sp³-hybridized carbons (Fsp3) is 0.708. The zero-order valence-corrected chi connectivity index (χ0v) is 75.9. The molecule has 0 amide bonds. The summed E-state index contributed by atoms with van der Waals surface area (Å²) in [5, 5.41) is 0. The third-order valence-corrected chi connectivity index (χ3v) is 25.1. The molecule has 0 spiro atoms. The molecule has 0 saturated carbocycles. The maximum Gasteiger partial charge on any atom is 0.323 e. The first kappa shape index (κ1) is 81.2. The van der Waals surface area contributed by atoms with Gasteiger partial charge < -0.3 is 79.8 Å². The van der Waals surface area contributed by atoms with Gasteiger partial charge in [-0.05, 0) is 192 Å². The molecule has 120 heavy (non-hydrogen) atoms. The number of rotatable bonds is 28. The second kappa shape index (κ2) is 43.9. The summed E-state index contributed by atoms with van der Waals surface area (Å²) in [4.78, 5) is 59.8. The third kappa shape index (κ3) is 23.8. The summed E-state index contributed by atoms with van der Waals surface area (Å²) in [7, 11) is 4.12. The maximum absolute atomic E-state index is 12.8. The maximum atomic E-state index is 12.8. The van der Waals surface area contributed by atoms with E-state index in [1.807, 2.05) is 65.8 Å². The van der Waals surface area contributed by atoms with Crippen molar-refractivity contribution in [1.82, 2.24) is 19.6 Å². The van der Waals surface area contributed by atoms with Gasteiger partial charge in [-0.3, -0.25) is 38.8 Å². The van der Waals surface area contributed by atoms with Crippen LogP contribution in [0.5, 0.6) is 46.0 Å². The molecule has 4 fully saturated rings. The number of hydrogen-bond acceptors (Lipinski definition) is 24. The molecule has 4 aromatic rings. The highest BCUT2D eigenvalue weighted by atomic mass is 16.6. The number of carbonyl (C=O) groups excluding carboxylic acids is 4. The van der Waals surface area contributed by atoms with Gasteiger partial charge in [0.05, 0.1) is 70.4 Å². The number of hydrogen-bond donors (Lipinski definition) is 4. The van der Waals surface area contributed by atoms with Gasteiger partial charge >= 0.3 is 23.9 Å². The molecule has 24 heteroatoms. The molecule has 8 N–H and O–H groups in total. The van der Waals surface area contributed by atoms with E-state index in [0.717, 1.165) is 104 Å². The molecule has 0 bridgehead atoms. The molecular weight excluding hydrogens is 1520 g/mol. The first-order chi connectivity index (χ1) is 61.0. The van der Waals surface area contributed by atoms with Crippen molar-refractivity contribution >= 4 is 23.9 Å². The summed E-state index contributed by atoms with van der Waals surface area (Å²) < 4.78 is 158. The van der Waals surface area contributed by atoms with Gasteiger partial charge in [-0.2, -0.15) is 0 Å². The molecule has 8 aliphatic heterocycles. The quantitative estimate of drug-likeness (QED) is 0.0303. The fourth-order valence-corrected chi connectivity index (χ4v) is 18.3. The van der Waals surface area contributed by atoms with E-state index in [2.05, 4.69) is 75.0 Å². The van der Waals surface area contributed by atoms with Gasteiger partial charge in [-0.15, -0.1) is 0 Å². The zero-order chi connectivity index (χ0) is 97.6. The molecule has 4 aromatic carbocycles. The lowest BCUT2D eigenvalue weighted by molar-refractivity contribution is -0.161. The van der Waals surface area contributed by atoms with Gasteiger partial charge in [0.2, 0.25) is 0 Å². The minimum atomic E-state index is -2.63. The molecule has 24 nitrogen and oxygen atoms in total. The topological polar surface area (TPSA) is 296 Å². The molecule has 4 saturated heterocycles. The highest BCUT2D eigenvalue weighted by Crippen LogP contribution is 2.50. The van der Waals surface area contributed by atoms with Crippen LogP contribution < -0.4 is 60.8 Å². The number of carbonyl (C=O) groups is 4. The van der Waals surface area contributed by atoms with Gasteiger partial charge in [-0.1, -0.05) is 111 Å². The Hall–Kier alpha value is -7.16. The van der Waals surface area contributed by atoms with Crippen molar-refractivity contribution in [3.05, 3.63) is 93.0 Å². The number of benzene rings is 4. The second-order valence-electron chi connectivity index (χ2n) is 37.0. The van der Waals surface area contributed by atoms with E-state index in [9.17, 15) is 24.7 Å². The standard InChI is InChI=1S/4C24H38N2O4/c4*1-14(2)9-17-13-26-8-7-16-10-21(28-5)22(29-6)11-18(16)19(26)12-20(17)30-24(27)23(25)15(3)4/h4*10-11,14-15,17,19-20,23H,7-9,12-13,25H2,1-6H3/t4*17?,19?,20?,23-/m0000/s1/i5D3,15D,19D;5D3,19D;2*19D. The third-order valence-electron chi connectivity index (χ3n) is 25.1. The summed E-state index contributed by atoms with van der Waals surface area (Å²) >= 11 is 0. The minimum absolute atomic E-state index is 0.00762. The van der Waals surface area contributed by atoms with Crippen molar-refractivity contribution in [1.29, 1.82) is 0 Å². The summed E-state index contributed by atoms with van der Waals surface area (Å²) in [6.45, 7) is 37.4. The highest BCUT2D eigenvalue weighted by molar-refractivity contribution is 5.77. The Morgan fingerprint density at radius 1 is 0.342 bits per heavy atom. The van der Waals surface area contributed by atoms with Crippen molar-refractivity contribution in [2.75, 3.05) is 109 Å². The van der Waals surface area contributed by atoms with Crippen molar-refractivity contribution < 1.29 is 91.1 Å². The average molecular weight is 1690 g/mol. The van der Waals surface area contributed by atoms with Crippen LogP contribution >= 0.6 is 0 Å². The minimum Gasteiger partial charge on any atom is -0.493 e. The predicted octanol–water partition coefficient (Wildman–Crippen LogP) is 14.3. The summed E-state index contributed by atoms with van der Waals surface area (Å²) in [5.74, 6) is 2.59. The van der Waals surface area contributed by atoms with Crippen molar-refractivity contribution in [3.63, 3.8) is 0 Å². The van der Waals surface area contributed by atoms with Crippen molar-refractivity contribution in [2.24, 2.45) is 93.9 Å². The predicted molar refractivity (Wildman–Crippen MR) is 471 cm³/mol. The van der Waals surface area contributed by atoms with Crippen molar-refractivity contribution in [2.45, 2.75) is 260 Å². The summed E-state index contributed by atoms with van der Waals surface area (Å²) in [6, 6.07) is 7.12. The Balaban J connectivity index is 0.000000197. The van der Waals surface area contributed by atoms with Crippen LogP contribution in [0.3, 0.4) is 0 Å². The Morgan fingerprint density at radius 3 is 0.725 bits per heavy atom. The number of methoxy groups -OCH3 is 8. The van der Waals surface area contributed by atoms with Gasteiger partial charge in [0.25, 0.3) is 0 Å². The van der Waals surface area contributed by atoms with E-state index in [1.165, 1.54) is 14.2 Å². The number of fused-ring (bicyclic) bond motifs is 12. The van der Waals surface area contributed by atoms with E-state index < -0.39 is 92.4 Å². The number of piperidine rings is 4. The van der Waals surface area contributed by atoms with Gasteiger partial charge in [0, 0.05) is 127 Å². The van der Waals surface area contributed by atoms with E-state index >= 15 is 0 Å². The normalized spacial score (nSPS) is 29.0. The van der Waals surface area contributed by atoms with E-state index in [4.69, 9.17) is 89.4 Å². The highest BCUT2D eigenvalue weighted by Gasteiger charge is 2.47.